The molecule has 0 bridgehead atoms. The van der Waals surface area contributed by atoms with E-state index in [1.165, 1.54) is 12.1 Å². The summed E-state index contributed by atoms with van der Waals surface area (Å²) in [5, 5.41) is 11.9. The smallest absolute Gasteiger partial charge is 0.416 e. The van der Waals surface area contributed by atoms with Crippen LogP contribution in [0.5, 0.6) is 5.88 Å². The highest BCUT2D eigenvalue weighted by Crippen LogP contribution is 2.33. The molecule has 0 saturated carbocycles. The molecule has 2 N–H and O–H groups in total. The first-order valence-corrected chi connectivity index (χ1v) is 11.9. The minimum absolute atomic E-state index is 0.0840. The molecule has 1 atom stereocenters. The first kappa shape index (κ1) is 26.4. The number of anilines is 2. The van der Waals surface area contributed by atoms with Gasteiger partial charge in [0.25, 0.3) is 5.91 Å². The lowest BCUT2D eigenvalue weighted by atomic mass is 10.00. The number of rotatable bonds is 7. The Morgan fingerprint density at radius 3 is 2.76 bits per heavy atom. The monoisotopic (exact) mass is 515 g/mol. The molecule has 2 heterocycles. The molecule has 0 radical (unpaired) electrons. The van der Waals surface area contributed by atoms with Gasteiger partial charge in [-0.1, -0.05) is 12.1 Å². The van der Waals surface area contributed by atoms with Crippen molar-refractivity contribution < 1.29 is 32.5 Å². The molecule has 1 fully saturated rings. The molecule has 10 heteroatoms. The number of nitrogens with one attached hydrogen (secondary N) is 1. The van der Waals surface area contributed by atoms with Crippen molar-refractivity contribution >= 4 is 17.4 Å². The summed E-state index contributed by atoms with van der Waals surface area (Å²) in [6.07, 6.45) is -4.54. The summed E-state index contributed by atoms with van der Waals surface area (Å²) in [4.78, 5) is 19.5. The predicted octanol–water partition coefficient (Wildman–Crippen LogP) is 4.92. The molecule has 4 rings (SSSR count). The van der Waals surface area contributed by atoms with Crippen molar-refractivity contribution in [2.24, 2.45) is 0 Å². The van der Waals surface area contributed by atoms with E-state index < -0.39 is 17.6 Å². The first-order valence-electron chi connectivity index (χ1n) is 11.9. The normalized spacial score (nSPS) is 15.9. The van der Waals surface area contributed by atoms with Gasteiger partial charge >= 0.3 is 6.18 Å². The van der Waals surface area contributed by atoms with Crippen LogP contribution in [0.2, 0.25) is 0 Å². The molecule has 3 aromatic rings. The Hall–Kier alpha value is -3.63. The molecule has 1 aromatic heterocycles. The second-order valence-corrected chi connectivity index (χ2v) is 8.80. The number of carbonyl (C=O) groups excluding carboxylic acids is 1. The van der Waals surface area contributed by atoms with Crippen LogP contribution in [0.25, 0.3) is 11.1 Å². The fourth-order valence-electron chi connectivity index (χ4n) is 4.14. The molecule has 1 saturated heterocycles. The summed E-state index contributed by atoms with van der Waals surface area (Å²) in [7, 11) is 0. The van der Waals surface area contributed by atoms with Crippen molar-refractivity contribution in [3.8, 4) is 17.0 Å². The Kier molecular flexibility index (Phi) is 7.99. The van der Waals surface area contributed by atoms with E-state index in [1.807, 2.05) is 26.0 Å². The quantitative estimate of drug-likeness (QED) is 0.465. The average molecular weight is 516 g/mol. The van der Waals surface area contributed by atoms with Gasteiger partial charge < -0.3 is 24.8 Å². The highest BCUT2D eigenvalue weighted by molar-refractivity contribution is 6.04. The Labute approximate surface area is 212 Å². The summed E-state index contributed by atoms with van der Waals surface area (Å²) in [6.45, 7) is 5.67. The summed E-state index contributed by atoms with van der Waals surface area (Å²) < 4.78 is 50.4. The molecule has 1 aliphatic rings. The lowest BCUT2D eigenvalue weighted by molar-refractivity contribution is -0.137. The predicted molar refractivity (Wildman–Crippen MR) is 134 cm³/mol. The highest BCUT2D eigenvalue weighted by atomic mass is 19.4. The summed E-state index contributed by atoms with van der Waals surface area (Å²) in [5.41, 5.74) is 1.94. The third-order valence-corrected chi connectivity index (χ3v) is 6.05. The maximum absolute atomic E-state index is 13.1. The number of aliphatic hydroxyl groups is 1. The van der Waals surface area contributed by atoms with Crippen LogP contribution in [-0.2, 0) is 10.9 Å². The number of hydrogen-bond donors (Lipinski definition) is 2. The third-order valence-electron chi connectivity index (χ3n) is 6.05. The molecule has 196 valence electrons. The van der Waals surface area contributed by atoms with Crippen LogP contribution in [-0.4, -0.2) is 55.0 Å². The number of ether oxygens (including phenoxy) is 2. The maximum atomic E-state index is 13.1. The topological polar surface area (TPSA) is 83.9 Å². The van der Waals surface area contributed by atoms with Crippen LogP contribution >= 0.6 is 0 Å². The Balaban J connectivity index is 1.66. The van der Waals surface area contributed by atoms with Crippen LogP contribution in [0.15, 0.2) is 54.6 Å². The van der Waals surface area contributed by atoms with Crippen molar-refractivity contribution in [3.05, 3.63) is 71.3 Å². The number of benzene rings is 2. The fraction of sp³-hybridized carbons (Fsp3) is 0.333. The van der Waals surface area contributed by atoms with Gasteiger partial charge in [-0.15, -0.1) is 0 Å². The van der Waals surface area contributed by atoms with Crippen molar-refractivity contribution in [3.63, 3.8) is 0 Å². The molecule has 7 nitrogen and oxygen atoms in total. The van der Waals surface area contributed by atoms with Gasteiger partial charge in [0.15, 0.2) is 0 Å². The minimum Gasteiger partial charge on any atom is -0.475 e. The van der Waals surface area contributed by atoms with Crippen molar-refractivity contribution in [2.75, 3.05) is 43.2 Å². The van der Waals surface area contributed by atoms with Crippen molar-refractivity contribution in [1.29, 1.82) is 0 Å². The lowest BCUT2D eigenvalue weighted by Crippen LogP contribution is -2.44. The standard InChI is InChI=1S/C27H28F3N3O4/c1-17-6-7-22(31-26(35)19-4-3-5-21(12-19)27(28,29)30)15-23(17)20-13-24(32-25(14-20)37-11-9-34)33-8-10-36-16-18(33)2/h3-7,12-15,18,34H,8-11,16H2,1-2H3,(H,31,35)/t18-/m1/s1. The van der Waals surface area contributed by atoms with Gasteiger partial charge in [0.1, 0.15) is 12.4 Å². The Morgan fingerprint density at radius 1 is 1.22 bits per heavy atom. The molecule has 0 aliphatic carbocycles. The maximum Gasteiger partial charge on any atom is 0.416 e. The molecule has 0 spiro atoms. The first-order chi connectivity index (χ1) is 17.7. The number of pyridine rings is 1. The van der Waals surface area contributed by atoms with Gasteiger partial charge in [0, 0.05) is 23.9 Å². The second kappa shape index (κ2) is 11.2. The summed E-state index contributed by atoms with van der Waals surface area (Å²) in [5.74, 6) is 0.391. The van der Waals surface area contributed by atoms with Gasteiger partial charge in [-0.2, -0.15) is 18.2 Å². The van der Waals surface area contributed by atoms with E-state index in [4.69, 9.17) is 9.47 Å². The molecular weight excluding hydrogens is 487 g/mol. The zero-order valence-corrected chi connectivity index (χ0v) is 20.5. The van der Waals surface area contributed by atoms with Gasteiger partial charge in [-0.25, -0.2) is 0 Å². The van der Waals surface area contributed by atoms with Gasteiger partial charge in [-0.3, -0.25) is 4.79 Å². The molecular formula is C27H28F3N3O4. The Morgan fingerprint density at radius 2 is 2.03 bits per heavy atom. The highest BCUT2D eigenvalue weighted by Gasteiger charge is 2.31. The van der Waals surface area contributed by atoms with Gasteiger partial charge in [0.05, 0.1) is 31.4 Å². The number of aromatic nitrogens is 1. The largest absolute Gasteiger partial charge is 0.475 e. The van der Waals surface area contributed by atoms with E-state index in [9.17, 15) is 23.1 Å². The second-order valence-electron chi connectivity index (χ2n) is 8.80. The number of alkyl halides is 3. The molecule has 37 heavy (non-hydrogen) atoms. The summed E-state index contributed by atoms with van der Waals surface area (Å²) in [6, 6.07) is 13.4. The zero-order valence-electron chi connectivity index (χ0n) is 20.5. The van der Waals surface area contributed by atoms with E-state index in [-0.39, 0.29) is 24.8 Å². The average Bonchev–Trinajstić information content (AvgIpc) is 2.88. The van der Waals surface area contributed by atoms with Crippen molar-refractivity contribution in [2.45, 2.75) is 26.1 Å². The van der Waals surface area contributed by atoms with Gasteiger partial charge in [-0.05, 0) is 66.9 Å². The van der Waals surface area contributed by atoms with Crippen LogP contribution in [0.4, 0.5) is 24.7 Å². The number of amides is 1. The molecule has 0 unspecified atom stereocenters. The third kappa shape index (κ3) is 6.39. The lowest BCUT2D eigenvalue weighted by Gasteiger charge is -2.34. The van der Waals surface area contributed by atoms with Crippen LogP contribution < -0.4 is 15.0 Å². The Bertz CT molecular complexity index is 1270. The molecule has 1 amide bonds. The molecule has 2 aromatic carbocycles. The van der Waals surface area contributed by atoms with E-state index in [0.717, 1.165) is 28.8 Å². The minimum atomic E-state index is -4.54. The van der Waals surface area contributed by atoms with Crippen molar-refractivity contribution in [1.82, 2.24) is 4.98 Å². The van der Waals surface area contributed by atoms with Crippen LogP contribution in [0.1, 0.15) is 28.4 Å². The zero-order chi connectivity index (χ0) is 26.6. The number of aliphatic hydroxyl groups excluding tert-OH is 1. The number of halogens is 3. The van der Waals surface area contributed by atoms with E-state index in [2.05, 4.69) is 15.2 Å². The molecule has 1 aliphatic heterocycles. The SMILES string of the molecule is Cc1ccc(NC(=O)c2cccc(C(F)(F)F)c2)cc1-c1cc(OCCO)nc(N2CCOC[C@H]2C)c1. The van der Waals surface area contributed by atoms with E-state index >= 15 is 0 Å². The van der Waals surface area contributed by atoms with Gasteiger partial charge in [0.2, 0.25) is 5.88 Å². The fourth-order valence-corrected chi connectivity index (χ4v) is 4.14. The van der Waals surface area contributed by atoms with E-state index in [0.29, 0.717) is 37.1 Å². The number of aryl methyl sites for hydroxylation is 1. The number of nitrogens with zero attached hydrogens (tertiary/aromatic N) is 2. The number of carbonyl (C=O) groups is 1. The van der Waals surface area contributed by atoms with Crippen LogP contribution in [0.3, 0.4) is 0 Å². The van der Waals surface area contributed by atoms with Crippen LogP contribution in [0, 0.1) is 6.92 Å². The number of morpholine rings is 1. The number of hydrogen-bond acceptors (Lipinski definition) is 6. The summed E-state index contributed by atoms with van der Waals surface area (Å²) >= 11 is 0. The van der Waals surface area contributed by atoms with E-state index in [1.54, 1.807) is 18.2 Å².